The molecule has 0 fully saturated rings. The van der Waals surface area contributed by atoms with Gasteiger partial charge in [0.25, 0.3) is 0 Å². The number of fused-ring (bicyclic) bond motifs is 1. The summed E-state index contributed by atoms with van der Waals surface area (Å²) in [5.74, 6) is 0.730. The zero-order chi connectivity index (χ0) is 12.5. The number of furan rings is 1. The Morgan fingerprint density at radius 1 is 1.39 bits per heavy atom. The summed E-state index contributed by atoms with van der Waals surface area (Å²) in [5.41, 5.74) is 7.91. The number of aromatic nitrogens is 3. The van der Waals surface area contributed by atoms with E-state index < -0.39 is 0 Å². The average Bonchev–Trinajstić information content (AvgIpc) is 3.03. The van der Waals surface area contributed by atoms with E-state index in [4.69, 9.17) is 10.2 Å². The fraction of sp³-hybridized carbons (Fsp3) is 0.231. The molecule has 3 aromatic rings. The van der Waals surface area contributed by atoms with Crippen LogP contribution in [0.25, 0.3) is 11.0 Å². The summed E-state index contributed by atoms with van der Waals surface area (Å²) in [6.07, 6.45) is 1.68. The molecule has 5 heteroatoms. The van der Waals surface area contributed by atoms with Crippen molar-refractivity contribution in [2.45, 2.75) is 19.5 Å². The van der Waals surface area contributed by atoms with Crippen LogP contribution in [-0.4, -0.2) is 15.0 Å². The molecule has 0 saturated carbocycles. The van der Waals surface area contributed by atoms with Crippen LogP contribution in [0.5, 0.6) is 0 Å². The Labute approximate surface area is 104 Å². The van der Waals surface area contributed by atoms with E-state index in [2.05, 4.69) is 10.3 Å². The van der Waals surface area contributed by atoms with E-state index in [-0.39, 0.29) is 6.04 Å². The molecule has 0 aliphatic rings. The molecule has 0 amide bonds. The third-order valence-electron chi connectivity index (χ3n) is 3.02. The Bertz CT molecular complexity index is 637. The quantitative estimate of drug-likeness (QED) is 0.763. The van der Waals surface area contributed by atoms with Crippen molar-refractivity contribution in [1.29, 1.82) is 0 Å². The molecule has 0 spiro atoms. The van der Waals surface area contributed by atoms with Crippen molar-refractivity contribution in [3.63, 3.8) is 0 Å². The zero-order valence-corrected chi connectivity index (χ0v) is 10.1. The fourth-order valence-corrected chi connectivity index (χ4v) is 2.05. The van der Waals surface area contributed by atoms with Crippen LogP contribution in [0.4, 0.5) is 0 Å². The normalized spacial score (nSPS) is 13.0. The molecule has 2 N–H and O–H groups in total. The van der Waals surface area contributed by atoms with Gasteiger partial charge in [0.1, 0.15) is 17.4 Å². The first-order valence-electron chi connectivity index (χ1n) is 5.92. The van der Waals surface area contributed by atoms with Crippen molar-refractivity contribution >= 4 is 11.0 Å². The Morgan fingerprint density at radius 2 is 2.22 bits per heavy atom. The lowest BCUT2D eigenvalue weighted by molar-refractivity contribution is 0.498. The summed E-state index contributed by atoms with van der Waals surface area (Å²) >= 11 is 0. The summed E-state index contributed by atoms with van der Waals surface area (Å²) in [7, 11) is 0. The average molecular weight is 242 g/mol. The lowest BCUT2D eigenvalue weighted by atomic mass is 10.1. The Balaban J connectivity index is 2.03. The Hall–Kier alpha value is -2.14. The largest absolute Gasteiger partial charge is 0.459 e. The summed E-state index contributed by atoms with van der Waals surface area (Å²) in [6, 6.07) is 9.48. The molecular formula is C13H14N4O. The summed E-state index contributed by atoms with van der Waals surface area (Å²) in [6.45, 7) is 2.74. The number of para-hydroxylation sites is 1. The van der Waals surface area contributed by atoms with E-state index in [1.165, 1.54) is 0 Å². The van der Waals surface area contributed by atoms with Crippen LogP contribution >= 0.6 is 0 Å². The number of nitrogens with two attached hydrogens (primary N) is 1. The first-order chi connectivity index (χ1) is 8.79. The molecule has 0 saturated heterocycles. The van der Waals surface area contributed by atoms with Crippen LogP contribution in [0.1, 0.15) is 24.4 Å². The SMILES string of the molecule is CCn1nncc1C(N)c1cc2ccccc2o1. The monoisotopic (exact) mass is 242 g/mol. The van der Waals surface area contributed by atoms with Gasteiger partial charge in [0.15, 0.2) is 0 Å². The molecule has 18 heavy (non-hydrogen) atoms. The summed E-state index contributed by atoms with van der Waals surface area (Å²) < 4.78 is 7.53. The molecule has 0 aliphatic carbocycles. The highest BCUT2D eigenvalue weighted by atomic mass is 16.3. The molecule has 2 heterocycles. The number of rotatable bonds is 3. The highest BCUT2D eigenvalue weighted by molar-refractivity contribution is 5.77. The highest BCUT2D eigenvalue weighted by Crippen LogP contribution is 2.26. The topological polar surface area (TPSA) is 69.9 Å². The van der Waals surface area contributed by atoms with E-state index in [1.807, 2.05) is 37.3 Å². The minimum Gasteiger partial charge on any atom is -0.459 e. The lowest BCUT2D eigenvalue weighted by Gasteiger charge is -2.09. The molecule has 5 nitrogen and oxygen atoms in total. The van der Waals surface area contributed by atoms with E-state index in [0.29, 0.717) is 0 Å². The zero-order valence-electron chi connectivity index (χ0n) is 10.1. The van der Waals surface area contributed by atoms with Crippen LogP contribution in [-0.2, 0) is 6.54 Å². The van der Waals surface area contributed by atoms with Crippen molar-refractivity contribution < 1.29 is 4.42 Å². The Morgan fingerprint density at radius 3 is 3.00 bits per heavy atom. The number of nitrogens with zero attached hydrogens (tertiary/aromatic N) is 3. The van der Waals surface area contributed by atoms with E-state index in [9.17, 15) is 0 Å². The van der Waals surface area contributed by atoms with Crippen LogP contribution in [0.2, 0.25) is 0 Å². The van der Waals surface area contributed by atoms with Crippen LogP contribution in [0.15, 0.2) is 40.9 Å². The standard InChI is InChI=1S/C13H14N4O/c1-2-17-10(8-15-16-17)13(14)12-7-9-5-3-4-6-11(9)18-12/h3-8,13H,2,14H2,1H3. The number of hydrogen-bond donors (Lipinski definition) is 1. The fourth-order valence-electron chi connectivity index (χ4n) is 2.05. The van der Waals surface area contributed by atoms with Gasteiger partial charge in [-0.3, -0.25) is 0 Å². The molecule has 2 aromatic heterocycles. The molecule has 0 aliphatic heterocycles. The van der Waals surface area contributed by atoms with Crippen molar-refractivity contribution in [2.24, 2.45) is 5.73 Å². The van der Waals surface area contributed by atoms with E-state index >= 15 is 0 Å². The Kier molecular flexibility index (Phi) is 2.60. The summed E-state index contributed by atoms with van der Waals surface area (Å²) in [4.78, 5) is 0. The second kappa shape index (κ2) is 4.27. The third-order valence-corrected chi connectivity index (χ3v) is 3.02. The molecule has 0 radical (unpaired) electrons. The first kappa shape index (κ1) is 11.0. The van der Waals surface area contributed by atoms with Gasteiger partial charge in [0.2, 0.25) is 0 Å². The lowest BCUT2D eigenvalue weighted by Crippen LogP contribution is -2.16. The number of hydrogen-bond acceptors (Lipinski definition) is 4. The van der Waals surface area contributed by atoms with Crippen molar-refractivity contribution in [3.05, 3.63) is 48.0 Å². The molecule has 1 aromatic carbocycles. The van der Waals surface area contributed by atoms with Crippen molar-refractivity contribution in [3.8, 4) is 0 Å². The van der Waals surface area contributed by atoms with Gasteiger partial charge in [0, 0.05) is 11.9 Å². The third kappa shape index (κ3) is 1.69. The smallest absolute Gasteiger partial charge is 0.134 e. The van der Waals surface area contributed by atoms with Crippen molar-refractivity contribution in [2.75, 3.05) is 0 Å². The molecule has 0 bridgehead atoms. The maximum Gasteiger partial charge on any atom is 0.134 e. The predicted octanol–water partition coefficient (Wildman–Crippen LogP) is 2.09. The number of aryl methyl sites for hydroxylation is 1. The van der Waals surface area contributed by atoms with E-state index in [1.54, 1.807) is 10.9 Å². The first-order valence-corrected chi connectivity index (χ1v) is 5.92. The van der Waals surface area contributed by atoms with Gasteiger partial charge < -0.3 is 10.2 Å². The molecule has 92 valence electrons. The van der Waals surface area contributed by atoms with Gasteiger partial charge in [-0.1, -0.05) is 23.4 Å². The molecular weight excluding hydrogens is 228 g/mol. The van der Waals surface area contributed by atoms with Gasteiger partial charge in [-0.15, -0.1) is 5.10 Å². The second-order valence-electron chi connectivity index (χ2n) is 4.14. The van der Waals surface area contributed by atoms with Gasteiger partial charge in [-0.25, -0.2) is 4.68 Å². The van der Waals surface area contributed by atoms with Crippen molar-refractivity contribution in [1.82, 2.24) is 15.0 Å². The van der Waals surface area contributed by atoms with Crippen LogP contribution in [0, 0.1) is 0 Å². The van der Waals surface area contributed by atoms with Gasteiger partial charge in [-0.2, -0.15) is 0 Å². The number of benzene rings is 1. The van der Waals surface area contributed by atoms with Gasteiger partial charge in [-0.05, 0) is 19.1 Å². The summed E-state index contributed by atoms with van der Waals surface area (Å²) in [5, 5.41) is 8.92. The predicted molar refractivity (Wildman–Crippen MR) is 67.9 cm³/mol. The van der Waals surface area contributed by atoms with Crippen LogP contribution in [0.3, 0.4) is 0 Å². The molecule has 3 rings (SSSR count). The van der Waals surface area contributed by atoms with Crippen LogP contribution < -0.4 is 5.73 Å². The van der Waals surface area contributed by atoms with Gasteiger partial charge in [0.05, 0.1) is 11.9 Å². The van der Waals surface area contributed by atoms with E-state index in [0.717, 1.165) is 29.0 Å². The minimum atomic E-state index is -0.340. The second-order valence-corrected chi connectivity index (χ2v) is 4.14. The minimum absolute atomic E-state index is 0.340. The maximum atomic E-state index is 6.21. The molecule has 1 atom stereocenters. The maximum absolute atomic E-state index is 6.21. The molecule has 1 unspecified atom stereocenters. The van der Waals surface area contributed by atoms with Gasteiger partial charge >= 0.3 is 0 Å². The highest BCUT2D eigenvalue weighted by Gasteiger charge is 2.18.